The molecule has 1 unspecified atom stereocenters. The largest absolute Gasteiger partial charge is 0.349 e. The van der Waals surface area contributed by atoms with Gasteiger partial charge in [0.05, 0.1) is 0 Å². The highest BCUT2D eigenvalue weighted by atomic mass is 16.2. The highest BCUT2D eigenvalue weighted by Gasteiger charge is 2.23. The summed E-state index contributed by atoms with van der Waals surface area (Å²) in [6.45, 7) is 9.86. The van der Waals surface area contributed by atoms with Crippen LogP contribution in [0, 0.1) is 12.8 Å². The van der Waals surface area contributed by atoms with Gasteiger partial charge in [0.25, 0.3) is 11.8 Å². The Balaban J connectivity index is 1.73. The third-order valence-electron chi connectivity index (χ3n) is 7.36. The van der Waals surface area contributed by atoms with Crippen LogP contribution in [-0.2, 0) is 11.2 Å². The summed E-state index contributed by atoms with van der Waals surface area (Å²) in [4.78, 5) is 41.8. The average molecular weight is 569 g/mol. The monoisotopic (exact) mass is 568 g/mol. The van der Waals surface area contributed by atoms with Gasteiger partial charge in [0, 0.05) is 41.9 Å². The lowest BCUT2D eigenvalue weighted by Gasteiger charge is -2.24. The molecule has 0 spiro atoms. The molecule has 6 nitrogen and oxygen atoms in total. The number of unbranched alkanes of at least 4 members (excludes halogenated alkanes) is 4. The summed E-state index contributed by atoms with van der Waals surface area (Å²) in [7, 11) is 0. The van der Waals surface area contributed by atoms with Crippen LogP contribution in [0.1, 0.15) is 85.1 Å². The van der Waals surface area contributed by atoms with E-state index in [4.69, 9.17) is 0 Å². The molecule has 0 aliphatic rings. The Morgan fingerprint density at radius 1 is 0.762 bits per heavy atom. The van der Waals surface area contributed by atoms with Crippen molar-refractivity contribution in [2.45, 2.75) is 71.3 Å². The smallest absolute Gasteiger partial charge is 0.253 e. The van der Waals surface area contributed by atoms with Gasteiger partial charge in [0.2, 0.25) is 5.91 Å². The Morgan fingerprint density at radius 2 is 1.36 bits per heavy atom. The summed E-state index contributed by atoms with van der Waals surface area (Å²) in [5.41, 5.74) is 2.71. The molecule has 0 aliphatic carbocycles. The van der Waals surface area contributed by atoms with E-state index in [0.717, 1.165) is 57.2 Å². The van der Waals surface area contributed by atoms with Gasteiger partial charge in [0.1, 0.15) is 0 Å². The molecular weight excluding hydrogens is 522 g/mol. The van der Waals surface area contributed by atoms with Crippen molar-refractivity contribution in [2.75, 3.05) is 18.4 Å². The lowest BCUT2D eigenvalue weighted by Crippen LogP contribution is -2.39. The molecular formula is C36H46N3O3. The van der Waals surface area contributed by atoms with E-state index in [0.29, 0.717) is 29.7 Å². The Morgan fingerprint density at radius 3 is 1.98 bits per heavy atom. The number of rotatable bonds is 17. The Labute approximate surface area is 251 Å². The third kappa shape index (κ3) is 10.8. The molecule has 42 heavy (non-hydrogen) atoms. The first-order valence-electron chi connectivity index (χ1n) is 15.3. The second kappa shape index (κ2) is 17.8. The van der Waals surface area contributed by atoms with Gasteiger partial charge in [0.15, 0.2) is 0 Å². The van der Waals surface area contributed by atoms with E-state index in [1.807, 2.05) is 65.6 Å². The molecule has 2 atom stereocenters. The van der Waals surface area contributed by atoms with Crippen LogP contribution in [0.25, 0.3) is 0 Å². The highest BCUT2D eigenvalue weighted by Crippen LogP contribution is 2.17. The van der Waals surface area contributed by atoms with E-state index in [1.165, 1.54) is 0 Å². The van der Waals surface area contributed by atoms with E-state index in [2.05, 4.69) is 31.4 Å². The number of carbonyl (C=O) groups excluding carboxylic acids is 3. The topological polar surface area (TPSA) is 78.5 Å². The van der Waals surface area contributed by atoms with Crippen LogP contribution in [0.3, 0.4) is 0 Å². The summed E-state index contributed by atoms with van der Waals surface area (Å²) in [6.07, 6.45) is 7.22. The summed E-state index contributed by atoms with van der Waals surface area (Å²) in [6, 6.07) is 25.8. The predicted octanol–water partition coefficient (Wildman–Crippen LogP) is 7.33. The van der Waals surface area contributed by atoms with E-state index in [1.54, 1.807) is 24.3 Å². The van der Waals surface area contributed by atoms with Gasteiger partial charge < -0.3 is 15.5 Å². The second-order valence-electron chi connectivity index (χ2n) is 10.9. The fourth-order valence-corrected chi connectivity index (χ4v) is 4.97. The lowest BCUT2D eigenvalue weighted by atomic mass is 9.95. The number of para-hydroxylation sites is 1. The summed E-state index contributed by atoms with van der Waals surface area (Å²) in [5, 5.41) is 6.03. The van der Waals surface area contributed by atoms with E-state index in [-0.39, 0.29) is 23.8 Å². The van der Waals surface area contributed by atoms with Crippen molar-refractivity contribution in [3.8, 4) is 0 Å². The van der Waals surface area contributed by atoms with Crippen LogP contribution in [0.2, 0.25) is 0 Å². The van der Waals surface area contributed by atoms with E-state index in [9.17, 15) is 14.4 Å². The van der Waals surface area contributed by atoms with Crippen molar-refractivity contribution in [1.29, 1.82) is 0 Å². The number of hydrogen-bond acceptors (Lipinski definition) is 3. The SMILES string of the molecule is [CH2]C(C[C@H](Cc1ccccc1)NC(=O)c1cccc(C(=O)N(CCCCC)CCCCC)c1)C(=O)Nc1ccccc1. The minimum absolute atomic E-state index is 0.0342. The molecule has 0 aromatic heterocycles. The van der Waals surface area contributed by atoms with E-state index < -0.39 is 5.92 Å². The molecule has 2 N–H and O–H groups in total. The van der Waals surface area contributed by atoms with Crippen LogP contribution in [0.4, 0.5) is 5.69 Å². The summed E-state index contributed by atoms with van der Waals surface area (Å²) >= 11 is 0. The molecule has 3 aromatic rings. The van der Waals surface area contributed by atoms with Crippen molar-refractivity contribution in [3.05, 3.63) is 109 Å². The van der Waals surface area contributed by atoms with Gasteiger partial charge in [-0.1, -0.05) is 94.1 Å². The van der Waals surface area contributed by atoms with Crippen LogP contribution in [0.5, 0.6) is 0 Å². The van der Waals surface area contributed by atoms with Crippen molar-refractivity contribution in [2.24, 2.45) is 5.92 Å². The van der Waals surface area contributed by atoms with Crippen molar-refractivity contribution < 1.29 is 14.4 Å². The maximum Gasteiger partial charge on any atom is 0.253 e. The van der Waals surface area contributed by atoms with Crippen molar-refractivity contribution in [1.82, 2.24) is 10.2 Å². The second-order valence-corrected chi connectivity index (χ2v) is 10.9. The molecule has 1 radical (unpaired) electrons. The number of nitrogens with one attached hydrogen (secondary N) is 2. The Bertz CT molecular complexity index is 1240. The molecule has 6 heteroatoms. The number of hydrogen-bond donors (Lipinski definition) is 2. The number of carbonyl (C=O) groups is 3. The summed E-state index contributed by atoms with van der Waals surface area (Å²) < 4.78 is 0. The molecule has 0 fully saturated rings. The molecule has 223 valence electrons. The molecule has 0 saturated carbocycles. The quantitative estimate of drug-likeness (QED) is 0.167. The number of benzene rings is 3. The standard InChI is InChI=1S/C36H46N3O3/c1-4-6-14-23-39(24-15-7-5-2)36(42)31-20-16-19-30(27-31)35(41)38-33(26-29-17-10-8-11-18-29)25-28(3)34(40)37-32-21-12-9-13-22-32/h8-13,16-22,27-28,33H,3-7,14-15,23-26H2,1-2H3,(H,37,40)(H,38,41)/t28?,33-/m1/s1. The molecule has 3 amide bonds. The molecule has 0 aliphatic heterocycles. The van der Waals surface area contributed by atoms with Gasteiger partial charge in [-0.05, 0) is 68.5 Å². The molecule has 0 saturated heterocycles. The predicted molar refractivity (Wildman–Crippen MR) is 171 cm³/mol. The van der Waals surface area contributed by atoms with Crippen LogP contribution >= 0.6 is 0 Å². The zero-order valence-corrected chi connectivity index (χ0v) is 25.2. The van der Waals surface area contributed by atoms with Crippen molar-refractivity contribution >= 4 is 23.4 Å². The first kappa shape index (κ1) is 32.6. The number of amides is 3. The van der Waals surface area contributed by atoms with Crippen molar-refractivity contribution in [3.63, 3.8) is 0 Å². The van der Waals surface area contributed by atoms with Crippen LogP contribution in [0.15, 0.2) is 84.9 Å². The van der Waals surface area contributed by atoms with Crippen LogP contribution < -0.4 is 10.6 Å². The van der Waals surface area contributed by atoms with Gasteiger partial charge in [-0.3, -0.25) is 14.4 Å². The normalized spacial score (nSPS) is 12.3. The molecule has 3 rings (SSSR count). The zero-order valence-electron chi connectivity index (χ0n) is 25.2. The number of anilines is 1. The van der Waals surface area contributed by atoms with E-state index >= 15 is 0 Å². The minimum atomic E-state index is -0.577. The maximum absolute atomic E-state index is 13.5. The minimum Gasteiger partial charge on any atom is -0.349 e. The maximum atomic E-state index is 13.5. The average Bonchev–Trinajstić information content (AvgIpc) is 3.01. The molecule has 0 bridgehead atoms. The molecule has 3 aromatic carbocycles. The fraction of sp³-hybridized carbons (Fsp3) is 0.389. The third-order valence-corrected chi connectivity index (χ3v) is 7.36. The summed E-state index contributed by atoms with van der Waals surface area (Å²) in [5.74, 6) is -1.09. The Kier molecular flexibility index (Phi) is 13.8. The fourth-order valence-electron chi connectivity index (χ4n) is 4.97. The number of nitrogens with zero attached hydrogens (tertiary/aromatic N) is 1. The Hall–Kier alpha value is -3.93. The van der Waals surface area contributed by atoms with Gasteiger partial charge >= 0.3 is 0 Å². The highest BCUT2D eigenvalue weighted by molar-refractivity contribution is 6.00. The lowest BCUT2D eigenvalue weighted by molar-refractivity contribution is -0.119. The van der Waals surface area contributed by atoms with Gasteiger partial charge in [-0.25, -0.2) is 0 Å². The first-order chi connectivity index (χ1) is 20.4. The zero-order chi connectivity index (χ0) is 30.2. The van der Waals surface area contributed by atoms with Gasteiger partial charge in [-0.15, -0.1) is 0 Å². The molecule has 0 heterocycles. The van der Waals surface area contributed by atoms with Gasteiger partial charge in [-0.2, -0.15) is 0 Å². The van der Waals surface area contributed by atoms with Crippen LogP contribution in [-0.4, -0.2) is 41.8 Å². The first-order valence-corrected chi connectivity index (χ1v) is 15.3.